The predicted molar refractivity (Wildman–Crippen MR) is 132 cm³/mol. The number of aromatic nitrogens is 4. The van der Waals surface area contributed by atoms with Crippen LogP contribution in [0.25, 0.3) is 16.7 Å². The molecule has 4 nitrogen and oxygen atoms in total. The number of allylic oxidation sites excluding steroid dienone is 4. The summed E-state index contributed by atoms with van der Waals surface area (Å²) in [7, 11) is 0. The van der Waals surface area contributed by atoms with Crippen LogP contribution in [0, 0.1) is 28.6 Å². The van der Waals surface area contributed by atoms with Crippen molar-refractivity contribution in [3.63, 3.8) is 0 Å². The number of rotatable bonds is 2. The van der Waals surface area contributed by atoms with E-state index in [4.69, 9.17) is 4.98 Å². The molecule has 7 rings (SSSR count). The van der Waals surface area contributed by atoms with Gasteiger partial charge in [0.2, 0.25) is 0 Å². The third-order valence-corrected chi connectivity index (χ3v) is 10.3. The molecule has 0 radical (unpaired) electrons. The molecule has 0 saturated heterocycles. The van der Waals surface area contributed by atoms with E-state index in [0.29, 0.717) is 11.5 Å². The van der Waals surface area contributed by atoms with E-state index < -0.39 is 0 Å². The Morgan fingerprint density at radius 3 is 2.70 bits per heavy atom. The van der Waals surface area contributed by atoms with Crippen LogP contribution < -0.4 is 0 Å². The summed E-state index contributed by atoms with van der Waals surface area (Å²) in [6.07, 6.45) is 22.3. The molecule has 4 heteroatoms. The summed E-state index contributed by atoms with van der Waals surface area (Å²) in [5.74, 6) is 2.37. The monoisotopic (exact) mass is 438 g/mol. The molecule has 4 aliphatic carbocycles. The number of nitrogens with zero attached hydrogens (tertiary/aromatic N) is 4. The van der Waals surface area contributed by atoms with E-state index in [-0.39, 0.29) is 5.41 Å². The smallest absolute Gasteiger partial charge is 0.100 e. The molecule has 0 bridgehead atoms. The van der Waals surface area contributed by atoms with Crippen molar-refractivity contribution >= 4 is 16.7 Å². The lowest BCUT2D eigenvalue weighted by Gasteiger charge is -2.58. The molecule has 33 heavy (non-hydrogen) atoms. The van der Waals surface area contributed by atoms with Gasteiger partial charge in [-0.25, -0.2) is 9.97 Å². The van der Waals surface area contributed by atoms with Crippen molar-refractivity contribution in [2.75, 3.05) is 0 Å². The van der Waals surface area contributed by atoms with Crippen molar-refractivity contribution in [1.29, 1.82) is 0 Å². The molecular weight excluding hydrogens is 404 g/mol. The van der Waals surface area contributed by atoms with Gasteiger partial charge in [0.05, 0.1) is 17.4 Å². The van der Waals surface area contributed by atoms with Gasteiger partial charge in [-0.1, -0.05) is 43.7 Å². The molecule has 2 heterocycles. The Balaban J connectivity index is 1.20. The number of hydrogen-bond donors (Lipinski definition) is 0. The summed E-state index contributed by atoms with van der Waals surface area (Å²) in [6.45, 7) is 5.16. The van der Waals surface area contributed by atoms with Crippen molar-refractivity contribution in [1.82, 2.24) is 19.1 Å². The first-order chi connectivity index (χ1) is 16.1. The van der Waals surface area contributed by atoms with E-state index in [9.17, 15) is 0 Å². The van der Waals surface area contributed by atoms with Gasteiger partial charge in [-0.05, 0) is 80.2 Å². The quantitative estimate of drug-likeness (QED) is 0.409. The number of para-hydroxylation sites is 2. The van der Waals surface area contributed by atoms with E-state index >= 15 is 0 Å². The fourth-order valence-corrected chi connectivity index (χ4v) is 8.45. The van der Waals surface area contributed by atoms with Crippen molar-refractivity contribution in [2.24, 2.45) is 28.6 Å². The third-order valence-electron chi connectivity index (χ3n) is 10.3. The van der Waals surface area contributed by atoms with E-state index in [1.807, 2.05) is 12.5 Å². The zero-order chi connectivity index (χ0) is 22.2. The van der Waals surface area contributed by atoms with E-state index in [1.165, 1.54) is 56.2 Å². The lowest BCUT2D eigenvalue weighted by molar-refractivity contribution is -0.0151. The minimum Gasteiger partial charge on any atom is -0.334 e. The molecule has 6 unspecified atom stereocenters. The van der Waals surface area contributed by atoms with Gasteiger partial charge < -0.3 is 9.13 Å². The van der Waals surface area contributed by atoms with E-state index in [2.05, 4.69) is 76.9 Å². The van der Waals surface area contributed by atoms with E-state index in [1.54, 1.807) is 5.57 Å². The topological polar surface area (TPSA) is 35.6 Å². The first kappa shape index (κ1) is 19.8. The molecular formula is C29H34N4. The van der Waals surface area contributed by atoms with Crippen LogP contribution in [0.2, 0.25) is 0 Å². The standard InChI is InChI=1S/C29H34N4/c1-28-13-11-21(32-16-15-30-18-32)17-20(28)7-8-22-23-9-10-27(29(23,2)14-12-24(22)28)33-19-31-25-5-3-4-6-26(25)33/h3-7,10,15-16,18-19,21-24H,8-9,11-14,17H2,1-2H3. The van der Waals surface area contributed by atoms with Gasteiger partial charge in [0.1, 0.15) is 6.33 Å². The van der Waals surface area contributed by atoms with Crippen LogP contribution in [0.5, 0.6) is 0 Å². The Kier molecular flexibility index (Phi) is 4.17. The SMILES string of the molecule is CC12CCC(n3ccnc3)CC1=CCC1C2CCC2(C)C(n3cnc4ccccc43)=CCC12. The highest BCUT2D eigenvalue weighted by Gasteiger charge is 2.57. The number of hydrogen-bond acceptors (Lipinski definition) is 2. The fraction of sp³-hybridized carbons (Fsp3) is 0.517. The zero-order valence-corrected chi connectivity index (χ0v) is 19.8. The summed E-state index contributed by atoms with van der Waals surface area (Å²) in [6, 6.07) is 9.17. The summed E-state index contributed by atoms with van der Waals surface area (Å²) < 4.78 is 4.74. The van der Waals surface area contributed by atoms with Gasteiger partial charge in [-0.15, -0.1) is 0 Å². The van der Waals surface area contributed by atoms with Gasteiger partial charge in [-0.2, -0.15) is 0 Å². The Labute approximate surface area is 196 Å². The van der Waals surface area contributed by atoms with Crippen LogP contribution >= 0.6 is 0 Å². The van der Waals surface area contributed by atoms with Gasteiger partial charge in [0, 0.05) is 29.5 Å². The molecule has 3 aromatic rings. The minimum atomic E-state index is 0.250. The van der Waals surface area contributed by atoms with Gasteiger partial charge in [0.25, 0.3) is 0 Å². The molecule has 0 spiro atoms. The largest absolute Gasteiger partial charge is 0.334 e. The van der Waals surface area contributed by atoms with E-state index in [0.717, 1.165) is 23.3 Å². The Hall–Kier alpha value is -2.62. The maximum atomic E-state index is 4.71. The molecule has 2 saturated carbocycles. The maximum absolute atomic E-state index is 4.71. The predicted octanol–water partition coefficient (Wildman–Crippen LogP) is 6.89. The first-order valence-corrected chi connectivity index (χ1v) is 12.9. The van der Waals surface area contributed by atoms with Crippen LogP contribution in [0.3, 0.4) is 0 Å². The number of imidazole rings is 2. The minimum absolute atomic E-state index is 0.250. The number of fused-ring (bicyclic) bond motifs is 6. The normalized spacial score (nSPS) is 37.8. The van der Waals surface area contributed by atoms with Gasteiger partial charge >= 0.3 is 0 Å². The summed E-state index contributed by atoms with van der Waals surface area (Å²) in [5, 5.41) is 0. The highest BCUT2D eigenvalue weighted by molar-refractivity contribution is 5.80. The Morgan fingerprint density at radius 2 is 1.82 bits per heavy atom. The average Bonchev–Trinajstić information content (AvgIpc) is 3.57. The molecule has 6 atom stereocenters. The molecule has 0 aliphatic heterocycles. The second-order valence-corrected chi connectivity index (χ2v) is 11.6. The van der Waals surface area contributed by atoms with Crippen LogP contribution in [-0.2, 0) is 0 Å². The Bertz CT molecular complexity index is 1260. The van der Waals surface area contributed by atoms with Crippen LogP contribution in [0.1, 0.15) is 64.8 Å². The van der Waals surface area contributed by atoms with Crippen molar-refractivity contribution in [3.8, 4) is 0 Å². The Morgan fingerprint density at radius 1 is 0.939 bits per heavy atom. The van der Waals surface area contributed by atoms with Crippen molar-refractivity contribution < 1.29 is 0 Å². The first-order valence-electron chi connectivity index (χ1n) is 12.9. The molecule has 4 aliphatic rings. The fourth-order valence-electron chi connectivity index (χ4n) is 8.45. The molecule has 170 valence electrons. The molecule has 2 aromatic heterocycles. The van der Waals surface area contributed by atoms with Gasteiger partial charge in [0.15, 0.2) is 0 Å². The summed E-state index contributed by atoms with van der Waals surface area (Å²) in [5.41, 5.74) is 6.23. The lowest BCUT2D eigenvalue weighted by atomic mass is 9.47. The molecule has 0 amide bonds. The highest BCUT2D eigenvalue weighted by Crippen LogP contribution is 2.66. The molecule has 1 aromatic carbocycles. The van der Waals surface area contributed by atoms with Crippen LogP contribution in [0.4, 0.5) is 0 Å². The average molecular weight is 439 g/mol. The second kappa shape index (κ2) is 6.94. The maximum Gasteiger partial charge on any atom is 0.100 e. The summed E-state index contributed by atoms with van der Waals surface area (Å²) in [4.78, 5) is 9.02. The molecule has 2 fully saturated rings. The second-order valence-electron chi connectivity index (χ2n) is 11.6. The number of benzene rings is 1. The van der Waals surface area contributed by atoms with Crippen molar-refractivity contribution in [3.05, 3.63) is 67.0 Å². The molecule has 0 N–H and O–H groups in total. The third kappa shape index (κ3) is 2.70. The summed E-state index contributed by atoms with van der Waals surface area (Å²) >= 11 is 0. The van der Waals surface area contributed by atoms with Crippen LogP contribution in [-0.4, -0.2) is 19.1 Å². The zero-order valence-electron chi connectivity index (χ0n) is 19.8. The highest BCUT2D eigenvalue weighted by atomic mass is 15.1. The van der Waals surface area contributed by atoms with Crippen LogP contribution in [0.15, 0.2) is 67.0 Å². The van der Waals surface area contributed by atoms with Crippen molar-refractivity contribution in [2.45, 2.75) is 64.8 Å². The lowest BCUT2D eigenvalue weighted by Crippen LogP contribution is -2.49. The van der Waals surface area contributed by atoms with Gasteiger partial charge in [-0.3, -0.25) is 0 Å².